The Bertz CT molecular complexity index is 1330. The molecule has 9 heteroatoms. The van der Waals surface area contributed by atoms with E-state index in [1.165, 1.54) is 25.9 Å². The lowest BCUT2D eigenvalue weighted by molar-refractivity contribution is -0.166. The van der Waals surface area contributed by atoms with Crippen LogP contribution in [0.4, 0.5) is 0 Å². The van der Waals surface area contributed by atoms with Crippen LogP contribution < -0.4 is 14.2 Å². The Morgan fingerprint density at radius 3 is 2.33 bits per heavy atom. The molecule has 2 saturated heterocycles. The van der Waals surface area contributed by atoms with E-state index in [-0.39, 0.29) is 30.3 Å². The Labute approximate surface area is 253 Å². The van der Waals surface area contributed by atoms with Crippen molar-refractivity contribution in [1.29, 1.82) is 0 Å². The first kappa shape index (κ1) is 31.1. The largest absolute Gasteiger partial charge is 0.493 e. The van der Waals surface area contributed by atoms with Crippen LogP contribution >= 0.6 is 0 Å². The van der Waals surface area contributed by atoms with Crippen molar-refractivity contribution < 1.29 is 43.1 Å². The summed E-state index contributed by atoms with van der Waals surface area (Å²) in [6.45, 7) is 6.91. The minimum absolute atomic E-state index is 0.0444. The molecule has 0 bridgehead atoms. The van der Waals surface area contributed by atoms with Crippen molar-refractivity contribution in [2.45, 2.75) is 76.2 Å². The first-order valence-electron chi connectivity index (χ1n) is 14.7. The first-order valence-corrected chi connectivity index (χ1v) is 14.7. The average Bonchev–Trinajstić information content (AvgIpc) is 3.93. The van der Waals surface area contributed by atoms with Crippen molar-refractivity contribution in [3.8, 4) is 23.0 Å². The van der Waals surface area contributed by atoms with Crippen molar-refractivity contribution in [3.63, 3.8) is 0 Å². The smallest absolute Gasteiger partial charge is 0.331 e. The van der Waals surface area contributed by atoms with Crippen LogP contribution in [-0.4, -0.2) is 68.5 Å². The van der Waals surface area contributed by atoms with Gasteiger partial charge in [0.25, 0.3) is 0 Å². The normalized spacial score (nSPS) is 29.3. The fraction of sp³-hybridized carbons (Fsp3) is 0.500. The molecule has 1 saturated carbocycles. The third kappa shape index (κ3) is 6.60. The highest BCUT2D eigenvalue weighted by Crippen LogP contribution is 2.59. The number of ether oxygens (including phenoxy) is 7. The molecule has 2 heterocycles. The minimum Gasteiger partial charge on any atom is -0.493 e. The van der Waals surface area contributed by atoms with Crippen LogP contribution in [0.15, 0.2) is 54.1 Å². The number of epoxide rings is 2. The van der Waals surface area contributed by atoms with E-state index in [2.05, 4.69) is 26.8 Å². The molecule has 5 rings (SSSR count). The molecule has 1 spiro atoms. The van der Waals surface area contributed by atoms with Crippen LogP contribution in [0.2, 0.25) is 0 Å². The van der Waals surface area contributed by atoms with E-state index in [1.807, 2.05) is 0 Å². The van der Waals surface area contributed by atoms with Crippen molar-refractivity contribution in [3.05, 3.63) is 65.3 Å². The second-order valence-corrected chi connectivity index (χ2v) is 11.8. The molecule has 1 aliphatic carbocycles. The number of rotatable bonds is 12. The molecule has 3 aliphatic rings. The molecule has 2 aromatic rings. The zero-order valence-electron chi connectivity index (χ0n) is 25.8. The van der Waals surface area contributed by atoms with Crippen LogP contribution in [0.1, 0.15) is 51.2 Å². The quantitative estimate of drug-likeness (QED) is 0.145. The van der Waals surface area contributed by atoms with Crippen molar-refractivity contribution in [2.75, 3.05) is 27.9 Å². The summed E-state index contributed by atoms with van der Waals surface area (Å²) in [5.41, 5.74) is 2.02. The summed E-state index contributed by atoms with van der Waals surface area (Å²) in [5, 5.41) is 9.29. The van der Waals surface area contributed by atoms with Crippen LogP contribution in [0, 0.1) is 5.92 Å². The van der Waals surface area contributed by atoms with Gasteiger partial charge in [-0.1, -0.05) is 23.8 Å². The first-order chi connectivity index (χ1) is 20.7. The van der Waals surface area contributed by atoms with E-state index in [4.69, 9.17) is 33.2 Å². The second-order valence-electron chi connectivity index (χ2n) is 11.8. The van der Waals surface area contributed by atoms with Gasteiger partial charge in [0.15, 0.2) is 11.5 Å². The lowest BCUT2D eigenvalue weighted by atomic mass is 9.68. The van der Waals surface area contributed by atoms with Crippen molar-refractivity contribution in [2.24, 2.45) is 5.92 Å². The fourth-order valence-corrected chi connectivity index (χ4v) is 6.30. The van der Waals surface area contributed by atoms with Gasteiger partial charge < -0.3 is 38.3 Å². The molecule has 9 nitrogen and oxygen atoms in total. The highest BCUT2D eigenvalue weighted by Gasteiger charge is 2.72. The number of benzene rings is 2. The van der Waals surface area contributed by atoms with Crippen molar-refractivity contribution >= 4 is 12.0 Å². The van der Waals surface area contributed by atoms with Gasteiger partial charge in [0.05, 0.1) is 39.5 Å². The lowest BCUT2D eigenvalue weighted by Gasteiger charge is -2.42. The summed E-state index contributed by atoms with van der Waals surface area (Å²) in [6, 6.07) is 10.6. The predicted molar refractivity (Wildman–Crippen MR) is 160 cm³/mol. The summed E-state index contributed by atoms with van der Waals surface area (Å²) in [7, 11) is 4.73. The highest BCUT2D eigenvalue weighted by atomic mass is 16.6. The second kappa shape index (κ2) is 12.7. The monoisotopic (exact) mass is 594 g/mol. The molecule has 2 aromatic carbocycles. The maximum absolute atomic E-state index is 13.1. The number of carbonyl (C=O) groups excluding carboxylic acids is 1. The van der Waals surface area contributed by atoms with E-state index in [1.54, 1.807) is 49.6 Å². The molecular weight excluding hydrogens is 552 g/mol. The third-order valence-corrected chi connectivity index (χ3v) is 8.73. The molecule has 0 unspecified atom stereocenters. The van der Waals surface area contributed by atoms with Crippen LogP contribution in [0.25, 0.3) is 6.08 Å². The van der Waals surface area contributed by atoms with Crippen molar-refractivity contribution in [1.82, 2.24) is 0 Å². The summed E-state index contributed by atoms with van der Waals surface area (Å²) >= 11 is 0. The molecule has 43 heavy (non-hydrogen) atoms. The number of methoxy groups -OCH3 is 3. The van der Waals surface area contributed by atoms with Gasteiger partial charge in [-0.3, -0.25) is 0 Å². The topological polar surface area (TPSA) is 109 Å². The number of esters is 1. The molecule has 0 amide bonds. The maximum atomic E-state index is 13.1. The van der Waals surface area contributed by atoms with Gasteiger partial charge in [-0.05, 0) is 81.5 Å². The lowest BCUT2D eigenvalue weighted by Crippen LogP contribution is -2.55. The highest BCUT2D eigenvalue weighted by molar-refractivity contribution is 5.87. The standard InChI is InChI=1S/C34H42O9/c1-21(2)7-13-28-33(3,43-28)32-31(39-6)25(15-16-34(32)20-40-34)42-29(36)14-10-23-17-26(37-4)30(27(18-23)38-5)41-24-11-8-22(19-35)9-12-24/h7-12,14,17-18,25,28,31-32,35H,13,15-16,19-20H2,1-6H3/b14-10+/t25-,28+,31-,32-,33-,34+/m1/s1. The zero-order valence-corrected chi connectivity index (χ0v) is 25.8. The number of hydrogen-bond acceptors (Lipinski definition) is 9. The van der Waals surface area contributed by atoms with Gasteiger partial charge in [0, 0.05) is 13.2 Å². The Balaban J connectivity index is 1.28. The summed E-state index contributed by atoms with van der Waals surface area (Å²) in [4.78, 5) is 13.1. The van der Waals surface area contributed by atoms with Gasteiger partial charge in [0.2, 0.25) is 5.75 Å². The van der Waals surface area contributed by atoms with Gasteiger partial charge in [-0.25, -0.2) is 4.79 Å². The van der Waals surface area contributed by atoms with Gasteiger partial charge in [0.1, 0.15) is 29.2 Å². The van der Waals surface area contributed by atoms with E-state index in [0.717, 1.165) is 18.4 Å². The van der Waals surface area contributed by atoms with E-state index >= 15 is 0 Å². The summed E-state index contributed by atoms with van der Waals surface area (Å²) in [6.07, 6.45) is 6.82. The molecule has 6 atom stereocenters. The van der Waals surface area contributed by atoms with Gasteiger partial charge >= 0.3 is 5.97 Å². The molecular formula is C34H42O9. The molecule has 232 valence electrons. The number of carbonyl (C=O) groups is 1. The Hall–Kier alpha value is -3.37. The van der Waals surface area contributed by atoms with Crippen LogP contribution in [-0.2, 0) is 30.3 Å². The number of aliphatic hydroxyl groups is 1. The Morgan fingerprint density at radius 1 is 1.09 bits per heavy atom. The molecule has 1 N–H and O–H groups in total. The van der Waals surface area contributed by atoms with Crippen LogP contribution in [0.3, 0.4) is 0 Å². The summed E-state index contributed by atoms with van der Waals surface area (Å²) < 4.78 is 41.4. The SMILES string of the molecule is COc1cc(/C=C/C(=O)O[C@@H]2CC[C@]3(CO3)[C@@H]([C@]3(C)O[C@H]3CC=C(C)C)[C@@H]2OC)cc(OC)c1Oc1ccc(CO)cc1. The third-order valence-electron chi connectivity index (χ3n) is 8.73. The average molecular weight is 595 g/mol. The van der Waals surface area contributed by atoms with E-state index in [9.17, 15) is 9.90 Å². The molecule has 0 radical (unpaired) electrons. The number of hydrogen-bond donors (Lipinski definition) is 1. The molecule has 2 aliphatic heterocycles. The molecule has 3 fully saturated rings. The maximum Gasteiger partial charge on any atom is 0.331 e. The number of allylic oxidation sites excluding steroid dienone is 1. The van der Waals surface area contributed by atoms with Gasteiger partial charge in [-0.15, -0.1) is 0 Å². The zero-order chi connectivity index (χ0) is 30.8. The van der Waals surface area contributed by atoms with E-state index in [0.29, 0.717) is 41.6 Å². The predicted octanol–water partition coefficient (Wildman–Crippen LogP) is 5.62. The summed E-state index contributed by atoms with van der Waals surface area (Å²) in [5.74, 6) is 1.31. The van der Waals surface area contributed by atoms with Gasteiger partial charge in [-0.2, -0.15) is 0 Å². The Kier molecular flexibility index (Phi) is 9.18. The van der Waals surface area contributed by atoms with E-state index < -0.39 is 17.7 Å². The number of aliphatic hydroxyl groups excluding tert-OH is 1. The fourth-order valence-electron chi connectivity index (χ4n) is 6.30. The van der Waals surface area contributed by atoms with Crippen LogP contribution in [0.5, 0.6) is 23.0 Å². The molecule has 0 aromatic heterocycles. The minimum atomic E-state index is -0.469. The Morgan fingerprint density at radius 2 is 1.77 bits per heavy atom.